The van der Waals surface area contributed by atoms with Crippen LogP contribution in [-0.2, 0) is 9.53 Å². The zero-order chi connectivity index (χ0) is 18.5. The molecule has 0 aromatic heterocycles. The van der Waals surface area contributed by atoms with E-state index in [1.165, 1.54) is 5.56 Å². The number of hydrogen-bond acceptors (Lipinski definition) is 3. The Morgan fingerprint density at radius 1 is 1.20 bits per heavy atom. The van der Waals surface area contributed by atoms with Crippen molar-refractivity contribution in [1.29, 1.82) is 0 Å². The van der Waals surface area contributed by atoms with Crippen LogP contribution in [-0.4, -0.2) is 57.1 Å². The van der Waals surface area contributed by atoms with Gasteiger partial charge in [0.25, 0.3) is 0 Å². The van der Waals surface area contributed by atoms with Crippen molar-refractivity contribution in [3.63, 3.8) is 0 Å². The topological polar surface area (TPSA) is 66.0 Å². The molecule has 0 radical (unpaired) electrons. The Kier molecular flexibility index (Phi) is 10.3. The third kappa shape index (κ3) is 9.10. The number of nitrogens with zero attached hydrogens (tertiary/aromatic N) is 2. The van der Waals surface area contributed by atoms with Crippen LogP contribution in [0.15, 0.2) is 35.3 Å². The number of amides is 1. The summed E-state index contributed by atoms with van der Waals surface area (Å²) in [6.07, 6.45) is 1.95. The van der Waals surface area contributed by atoms with E-state index in [2.05, 4.69) is 41.6 Å². The molecule has 0 aliphatic rings. The van der Waals surface area contributed by atoms with E-state index in [-0.39, 0.29) is 18.6 Å². The van der Waals surface area contributed by atoms with Crippen LogP contribution in [0.2, 0.25) is 0 Å². The molecule has 1 unspecified atom stereocenters. The number of carbonyl (C=O) groups excluding carboxylic acids is 1. The Balaban J connectivity index is 2.31. The van der Waals surface area contributed by atoms with E-state index in [1.807, 2.05) is 18.2 Å². The molecule has 1 rings (SSSR count). The SMILES string of the molecule is CCCNC(=NCC(=O)N(C)C)NCCCOC(C)c1ccccc1. The fourth-order valence-corrected chi connectivity index (χ4v) is 2.07. The number of aliphatic imine (C=N–C) groups is 1. The summed E-state index contributed by atoms with van der Waals surface area (Å²) in [7, 11) is 3.46. The van der Waals surface area contributed by atoms with E-state index in [0.717, 1.165) is 25.9 Å². The highest BCUT2D eigenvalue weighted by Crippen LogP contribution is 2.15. The quantitative estimate of drug-likeness (QED) is 0.386. The van der Waals surface area contributed by atoms with Gasteiger partial charge in [0.15, 0.2) is 5.96 Å². The average molecular weight is 348 g/mol. The molecule has 0 heterocycles. The predicted octanol–water partition coefficient (Wildman–Crippen LogP) is 2.19. The smallest absolute Gasteiger partial charge is 0.243 e. The van der Waals surface area contributed by atoms with Gasteiger partial charge < -0.3 is 20.3 Å². The summed E-state index contributed by atoms with van der Waals surface area (Å²) in [6, 6.07) is 10.2. The van der Waals surface area contributed by atoms with Gasteiger partial charge in [0.2, 0.25) is 5.91 Å². The van der Waals surface area contributed by atoms with Gasteiger partial charge in [-0.1, -0.05) is 37.3 Å². The molecule has 25 heavy (non-hydrogen) atoms. The van der Waals surface area contributed by atoms with Crippen LogP contribution in [0.3, 0.4) is 0 Å². The maximum atomic E-state index is 11.7. The van der Waals surface area contributed by atoms with Gasteiger partial charge in [-0.15, -0.1) is 0 Å². The second-order valence-corrected chi connectivity index (χ2v) is 6.08. The second kappa shape index (κ2) is 12.3. The van der Waals surface area contributed by atoms with Gasteiger partial charge in [-0.2, -0.15) is 0 Å². The second-order valence-electron chi connectivity index (χ2n) is 6.08. The van der Waals surface area contributed by atoms with Crippen LogP contribution in [0, 0.1) is 0 Å². The lowest BCUT2D eigenvalue weighted by molar-refractivity contribution is -0.127. The van der Waals surface area contributed by atoms with Crippen LogP contribution >= 0.6 is 0 Å². The summed E-state index contributed by atoms with van der Waals surface area (Å²) in [6.45, 7) is 6.53. The zero-order valence-electron chi connectivity index (χ0n) is 15.9. The summed E-state index contributed by atoms with van der Waals surface area (Å²) in [5.41, 5.74) is 1.18. The molecule has 0 spiro atoms. The van der Waals surface area contributed by atoms with Crippen LogP contribution in [0.1, 0.15) is 38.4 Å². The fourth-order valence-electron chi connectivity index (χ4n) is 2.07. The van der Waals surface area contributed by atoms with E-state index in [1.54, 1.807) is 19.0 Å². The number of likely N-dealkylation sites (N-methyl/N-ethyl adjacent to an activating group) is 1. The molecule has 2 N–H and O–H groups in total. The minimum atomic E-state index is -0.0161. The molecule has 0 saturated carbocycles. The molecule has 1 atom stereocenters. The number of benzene rings is 1. The Labute approximate surface area is 151 Å². The molecular formula is C19H32N4O2. The predicted molar refractivity (Wildman–Crippen MR) is 103 cm³/mol. The normalized spacial score (nSPS) is 12.6. The lowest BCUT2D eigenvalue weighted by atomic mass is 10.1. The molecule has 0 aliphatic carbocycles. The van der Waals surface area contributed by atoms with Gasteiger partial charge in [-0.25, -0.2) is 4.99 Å². The van der Waals surface area contributed by atoms with Crippen LogP contribution in [0.4, 0.5) is 0 Å². The van der Waals surface area contributed by atoms with Crippen molar-refractivity contribution in [2.45, 2.75) is 32.8 Å². The molecule has 0 aliphatic heterocycles. The third-order valence-corrected chi connectivity index (χ3v) is 3.66. The summed E-state index contributed by atoms with van der Waals surface area (Å²) < 4.78 is 5.86. The summed E-state index contributed by atoms with van der Waals surface area (Å²) in [5, 5.41) is 6.47. The summed E-state index contributed by atoms with van der Waals surface area (Å²) in [4.78, 5) is 17.5. The fraction of sp³-hybridized carbons (Fsp3) is 0.579. The van der Waals surface area contributed by atoms with Gasteiger partial charge in [0.1, 0.15) is 6.54 Å². The molecule has 0 fully saturated rings. The summed E-state index contributed by atoms with van der Waals surface area (Å²) in [5.74, 6) is 0.658. The van der Waals surface area contributed by atoms with E-state index in [4.69, 9.17) is 4.74 Å². The minimum absolute atomic E-state index is 0.0161. The van der Waals surface area contributed by atoms with Crippen molar-refractivity contribution in [2.75, 3.05) is 40.3 Å². The van der Waals surface area contributed by atoms with Crippen molar-refractivity contribution in [3.05, 3.63) is 35.9 Å². The van der Waals surface area contributed by atoms with E-state index >= 15 is 0 Å². The standard InChI is InChI=1S/C19H32N4O2/c1-5-12-20-19(22-15-18(24)23(3)4)21-13-9-14-25-16(2)17-10-7-6-8-11-17/h6-8,10-11,16H,5,9,12-15H2,1-4H3,(H2,20,21,22). The van der Waals surface area contributed by atoms with E-state index in [9.17, 15) is 4.79 Å². The van der Waals surface area contributed by atoms with Crippen molar-refractivity contribution in [3.8, 4) is 0 Å². The van der Waals surface area contributed by atoms with Crippen LogP contribution in [0.5, 0.6) is 0 Å². The minimum Gasteiger partial charge on any atom is -0.374 e. The third-order valence-electron chi connectivity index (χ3n) is 3.66. The first-order valence-electron chi connectivity index (χ1n) is 8.93. The first-order valence-corrected chi connectivity index (χ1v) is 8.93. The first-order chi connectivity index (χ1) is 12.0. The Hall–Kier alpha value is -2.08. The molecule has 6 heteroatoms. The number of ether oxygens (including phenoxy) is 1. The lowest BCUT2D eigenvalue weighted by Crippen LogP contribution is -2.39. The molecule has 0 bridgehead atoms. The Morgan fingerprint density at radius 3 is 2.52 bits per heavy atom. The lowest BCUT2D eigenvalue weighted by Gasteiger charge is -2.15. The van der Waals surface area contributed by atoms with Gasteiger partial charge in [0.05, 0.1) is 6.10 Å². The number of carbonyl (C=O) groups is 1. The van der Waals surface area contributed by atoms with Crippen LogP contribution in [0.25, 0.3) is 0 Å². The monoisotopic (exact) mass is 348 g/mol. The van der Waals surface area contributed by atoms with Crippen LogP contribution < -0.4 is 10.6 Å². The van der Waals surface area contributed by atoms with Gasteiger partial charge in [0, 0.05) is 33.8 Å². The highest BCUT2D eigenvalue weighted by atomic mass is 16.5. The van der Waals surface area contributed by atoms with Crippen molar-refractivity contribution < 1.29 is 9.53 Å². The van der Waals surface area contributed by atoms with Gasteiger partial charge in [-0.05, 0) is 25.3 Å². The highest BCUT2D eigenvalue weighted by Gasteiger charge is 2.06. The molecule has 1 amide bonds. The number of guanidine groups is 1. The van der Waals surface area contributed by atoms with Crippen molar-refractivity contribution in [1.82, 2.24) is 15.5 Å². The zero-order valence-corrected chi connectivity index (χ0v) is 15.9. The summed E-state index contributed by atoms with van der Waals surface area (Å²) >= 11 is 0. The molecular weight excluding hydrogens is 316 g/mol. The molecule has 0 saturated heterocycles. The maximum absolute atomic E-state index is 11.7. The molecule has 140 valence electrons. The first kappa shape index (κ1) is 21.0. The largest absolute Gasteiger partial charge is 0.374 e. The number of nitrogens with one attached hydrogen (secondary N) is 2. The highest BCUT2D eigenvalue weighted by molar-refractivity contribution is 5.84. The van der Waals surface area contributed by atoms with E-state index < -0.39 is 0 Å². The van der Waals surface area contributed by atoms with Gasteiger partial charge >= 0.3 is 0 Å². The molecule has 1 aromatic rings. The van der Waals surface area contributed by atoms with E-state index in [0.29, 0.717) is 12.6 Å². The maximum Gasteiger partial charge on any atom is 0.243 e. The Bertz CT molecular complexity index is 517. The molecule has 6 nitrogen and oxygen atoms in total. The number of rotatable bonds is 10. The average Bonchev–Trinajstić information content (AvgIpc) is 2.63. The molecule has 1 aromatic carbocycles. The Morgan fingerprint density at radius 2 is 1.88 bits per heavy atom. The van der Waals surface area contributed by atoms with Gasteiger partial charge in [-0.3, -0.25) is 4.79 Å². The van der Waals surface area contributed by atoms with Crippen molar-refractivity contribution in [2.24, 2.45) is 4.99 Å². The van der Waals surface area contributed by atoms with Crippen molar-refractivity contribution >= 4 is 11.9 Å². The number of hydrogen-bond donors (Lipinski definition) is 2.